The van der Waals surface area contributed by atoms with Crippen molar-refractivity contribution in [3.63, 3.8) is 0 Å². The average Bonchev–Trinajstić information content (AvgIpc) is 2.43. The van der Waals surface area contributed by atoms with Crippen molar-refractivity contribution in [3.8, 4) is 5.75 Å². The van der Waals surface area contributed by atoms with Gasteiger partial charge in [-0.1, -0.05) is 32.1 Å². The summed E-state index contributed by atoms with van der Waals surface area (Å²) in [6.07, 6.45) is 7.73. The lowest BCUT2D eigenvalue weighted by molar-refractivity contribution is 0.250. The van der Waals surface area contributed by atoms with E-state index in [-0.39, 0.29) is 11.8 Å². The zero-order valence-corrected chi connectivity index (χ0v) is 11.2. The number of hydrogen-bond donors (Lipinski definition) is 3. The first-order valence-corrected chi connectivity index (χ1v) is 7.08. The summed E-state index contributed by atoms with van der Waals surface area (Å²) in [6.45, 7) is 0.731. The lowest BCUT2D eigenvalue weighted by atomic mass is 9.87. The van der Waals surface area contributed by atoms with Crippen molar-refractivity contribution in [2.75, 3.05) is 11.9 Å². The molecule has 0 radical (unpaired) electrons. The fraction of sp³-hybridized carbons (Fsp3) is 0.533. The molecule has 3 N–H and O–H groups in total. The van der Waals surface area contributed by atoms with Crippen LogP contribution in [-0.4, -0.2) is 17.7 Å². The Hall–Kier alpha value is -1.71. The lowest BCUT2D eigenvalue weighted by Crippen LogP contribution is -2.30. The molecule has 0 atom stereocenters. The summed E-state index contributed by atoms with van der Waals surface area (Å²) in [4.78, 5) is 11.7. The smallest absolute Gasteiger partial charge is 0.319 e. The fourth-order valence-corrected chi connectivity index (χ4v) is 2.59. The number of carbonyl (C=O) groups is 1. The van der Waals surface area contributed by atoms with Gasteiger partial charge in [0.2, 0.25) is 0 Å². The van der Waals surface area contributed by atoms with Crippen LogP contribution in [0.2, 0.25) is 0 Å². The van der Waals surface area contributed by atoms with Crippen LogP contribution in [0.25, 0.3) is 0 Å². The van der Waals surface area contributed by atoms with Gasteiger partial charge in [-0.3, -0.25) is 0 Å². The Morgan fingerprint density at radius 2 is 1.84 bits per heavy atom. The van der Waals surface area contributed by atoms with E-state index in [4.69, 9.17) is 5.11 Å². The first kappa shape index (κ1) is 13.7. The number of phenolic OH excluding ortho intramolecular Hbond substituents is 1. The first-order chi connectivity index (χ1) is 9.24. The third kappa shape index (κ3) is 4.81. The Bertz CT molecular complexity index is 397. The number of phenols is 1. The van der Waals surface area contributed by atoms with Gasteiger partial charge in [0.15, 0.2) is 0 Å². The molecular weight excluding hydrogens is 240 g/mol. The van der Waals surface area contributed by atoms with E-state index in [0.29, 0.717) is 5.69 Å². The molecule has 0 spiro atoms. The molecule has 1 fully saturated rings. The molecule has 4 heteroatoms. The molecule has 19 heavy (non-hydrogen) atoms. The molecule has 1 aromatic rings. The molecule has 1 aliphatic rings. The van der Waals surface area contributed by atoms with Gasteiger partial charge in [-0.05, 0) is 36.6 Å². The second-order valence-corrected chi connectivity index (χ2v) is 5.22. The molecule has 0 saturated heterocycles. The molecule has 2 rings (SSSR count). The quantitative estimate of drug-likeness (QED) is 0.727. The van der Waals surface area contributed by atoms with Crippen molar-refractivity contribution in [1.82, 2.24) is 5.32 Å². The molecule has 0 aliphatic heterocycles. The van der Waals surface area contributed by atoms with E-state index in [1.807, 2.05) is 0 Å². The summed E-state index contributed by atoms with van der Waals surface area (Å²) in [7, 11) is 0. The summed E-state index contributed by atoms with van der Waals surface area (Å²) < 4.78 is 0. The van der Waals surface area contributed by atoms with Crippen molar-refractivity contribution in [2.24, 2.45) is 5.92 Å². The van der Waals surface area contributed by atoms with Gasteiger partial charge in [0.25, 0.3) is 0 Å². The van der Waals surface area contributed by atoms with Crippen molar-refractivity contribution in [3.05, 3.63) is 24.3 Å². The van der Waals surface area contributed by atoms with Gasteiger partial charge in [0, 0.05) is 12.2 Å². The van der Waals surface area contributed by atoms with E-state index in [0.717, 1.165) is 18.9 Å². The van der Waals surface area contributed by atoms with Gasteiger partial charge in [-0.15, -0.1) is 0 Å². The van der Waals surface area contributed by atoms with Gasteiger partial charge < -0.3 is 15.7 Å². The van der Waals surface area contributed by atoms with Crippen LogP contribution >= 0.6 is 0 Å². The summed E-state index contributed by atoms with van der Waals surface area (Å²) in [5, 5.41) is 14.8. The second-order valence-electron chi connectivity index (χ2n) is 5.22. The zero-order chi connectivity index (χ0) is 13.5. The second kappa shape index (κ2) is 7.02. The highest BCUT2D eigenvalue weighted by Crippen LogP contribution is 2.25. The molecule has 1 saturated carbocycles. The normalized spacial score (nSPS) is 16.0. The molecule has 1 aliphatic carbocycles. The molecule has 0 heterocycles. The van der Waals surface area contributed by atoms with Crippen LogP contribution in [-0.2, 0) is 0 Å². The minimum absolute atomic E-state index is 0.179. The van der Waals surface area contributed by atoms with Gasteiger partial charge in [0.1, 0.15) is 5.75 Å². The van der Waals surface area contributed by atoms with Crippen LogP contribution in [0.15, 0.2) is 24.3 Å². The number of amides is 2. The number of urea groups is 1. The molecule has 0 aromatic heterocycles. The number of carbonyl (C=O) groups excluding carboxylic acids is 1. The van der Waals surface area contributed by atoms with Gasteiger partial charge in [-0.2, -0.15) is 0 Å². The third-order valence-electron chi connectivity index (χ3n) is 3.69. The molecule has 4 nitrogen and oxygen atoms in total. The zero-order valence-electron chi connectivity index (χ0n) is 11.2. The molecular formula is C15H22N2O2. The van der Waals surface area contributed by atoms with E-state index < -0.39 is 0 Å². The standard InChI is InChI=1S/C15H22N2O2/c18-14-8-6-13(7-9-14)17-15(19)16-11-10-12-4-2-1-3-5-12/h6-9,12,18H,1-5,10-11H2,(H2,16,17,19). The van der Waals surface area contributed by atoms with Crippen LogP contribution in [0.5, 0.6) is 5.75 Å². The number of benzene rings is 1. The van der Waals surface area contributed by atoms with E-state index in [2.05, 4.69) is 10.6 Å². The van der Waals surface area contributed by atoms with Gasteiger partial charge >= 0.3 is 6.03 Å². The Labute approximate surface area is 114 Å². The van der Waals surface area contributed by atoms with Crippen LogP contribution in [0.3, 0.4) is 0 Å². The first-order valence-electron chi connectivity index (χ1n) is 7.08. The number of aromatic hydroxyl groups is 1. The molecule has 1 aromatic carbocycles. The van der Waals surface area contributed by atoms with E-state index in [9.17, 15) is 4.79 Å². The summed E-state index contributed by atoms with van der Waals surface area (Å²) in [5.41, 5.74) is 0.688. The minimum atomic E-state index is -0.179. The number of nitrogens with one attached hydrogen (secondary N) is 2. The summed E-state index contributed by atoms with van der Waals surface area (Å²) >= 11 is 0. The average molecular weight is 262 g/mol. The largest absolute Gasteiger partial charge is 0.508 e. The molecule has 0 unspecified atom stereocenters. The van der Waals surface area contributed by atoms with Crippen LogP contribution in [0, 0.1) is 5.92 Å². The highest BCUT2D eigenvalue weighted by molar-refractivity contribution is 5.89. The molecule has 104 valence electrons. The van der Waals surface area contributed by atoms with Crippen molar-refractivity contribution >= 4 is 11.7 Å². The highest BCUT2D eigenvalue weighted by atomic mass is 16.3. The maximum absolute atomic E-state index is 11.7. The van der Waals surface area contributed by atoms with Crippen LogP contribution in [0.1, 0.15) is 38.5 Å². The Morgan fingerprint density at radius 1 is 1.16 bits per heavy atom. The Kier molecular flexibility index (Phi) is 5.07. The van der Waals surface area contributed by atoms with Crippen molar-refractivity contribution in [2.45, 2.75) is 38.5 Å². The van der Waals surface area contributed by atoms with Gasteiger partial charge in [0.05, 0.1) is 0 Å². The van der Waals surface area contributed by atoms with Crippen molar-refractivity contribution in [1.29, 1.82) is 0 Å². The predicted molar refractivity (Wildman–Crippen MR) is 76.3 cm³/mol. The van der Waals surface area contributed by atoms with E-state index in [1.165, 1.54) is 32.1 Å². The highest BCUT2D eigenvalue weighted by Gasteiger charge is 2.13. The maximum atomic E-state index is 11.7. The maximum Gasteiger partial charge on any atom is 0.319 e. The fourth-order valence-electron chi connectivity index (χ4n) is 2.59. The van der Waals surface area contributed by atoms with E-state index in [1.54, 1.807) is 24.3 Å². The topological polar surface area (TPSA) is 61.4 Å². The number of hydrogen-bond acceptors (Lipinski definition) is 2. The number of anilines is 1. The van der Waals surface area contributed by atoms with Crippen LogP contribution in [0.4, 0.5) is 10.5 Å². The lowest BCUT2D eigenvalue weighted by Gasteiger charge is -2.21. The molecule has 2 amide bonds. The van der Waals surface area contributed by atoms with Crippen LogP contribution < -0.4 is 10.6 Å². The minimum Gasteiger partial charge on any atom is -0.508 e. The molecule has 0 bridgehead atoms. The summed E-state index contributed by atoms with van der Waals surface area (Å²) in [5.74, 6) is 0.978. The van der Waals surface area contributed by atoms with E-state index >= 15 is 0 Å². The predicted octanol–water partition coefficient (Wildman–Crippen LogP) is 3.48. The Morgan fingerprint density at radius 3 is 2.53 bits per heavy atom. The van der Waals surface area contributed by atoms with Crippen molar-refractivity contribution < 1.29 is 9.90 Å². The number of rotatable bonds is 4. The SMILES string of the molecule is O=C(NCCC1CCCCC1)Nc1ccc(O)cc1. The van der Waals surface area contributed by atoms with Gasteiger partial charge in [-0.25, -0.2) is 4.79 Å². The Balaban J connectivity index is 1.65. The third-order valence-corrected chi connectivity index (χ3v) is 3.69. The summed E-state index contributed by atoms with van der Waals surface area (Å²) in [6, 6.07) is 6.28. The monoisotopic (exact) mass is 262 g/mol.